The molecular formula is C20H24ClFN4O2. The lowest BCUT2D eigenvalue weighted by Gasteiger charge is -2.33. The van der Waals surface area contributed by atoms with Gasteiger partial charge in [0, 0.05) is 37.3 Å². The topological polar surface area (TPSA) is 58.4 Å². The lowest BCUT2D eigenvalue weighted by Crippen LogP contribution is -2.43. The Bertz CT molecular complexity index is 931. The summed E-state index contributed by atoms with van der Waals surface area (Å²) in [6, 6.07) is 5.59. The number of hydrogen-bond donors (Lipinski definition) is 0. The van der Waals surface area contributed by atoms with Crippen LogP contribution in [0.2, 0.25) is 5.02 Å². The molecule has 6 nitrogen and oxygen atoms in total. The summed E-state index contributed by atoms with van der Waals surface area (Å²) in [6.07, 6.45) is 3.12. The summed E-state index contributed by atoms with van der Waals surface area (Å²) in [4.78, 5) is 28.9. The number of piperidine rings is 1. The molecule has 1 saturated heterocycles. The van der Waals surface area contributed by atoms with Gasteiger partial charge in [-0.3, -0.25) is 9.59 Å². The zero-order valence-electron chi connectivity index (χ0n) is 16.2. The Hall–Kier alpha value is -2.41. The molecule has 0 aliphatic carbocycles. The Morgan fingerprint density at radius 2 is 2.11 bits per heavy atom. The molecule has 1 aromatic heterocycles. The van der Waals surface area contributed by atoms with Crippen LogP contribution >= 0.6 is 11.6 Å². The number of likely N-dealkylation sites (tertiary alicyclic amines) is 1. The third-order valence-corrected chi connectivity index (χ3v) is 5.42. The van der Waals surface area contributed by atoms with E-state index < -0.39 is 11.7 Å². The number of hydrogen-bond acceptors (Lipinski definition) is 4. The molecule has 0 N–H and O–H groups in total. The van der Waals surface area contributed by atoms with Crippen molar-refractivity contribution in [2.45, 2.75) is 38.8 Å². The second-order valence-electron chi connectivity index (χ2n) is 7.37. The number of carbonyl (C=O) groups is 1. The summed E-state index contributed by atoms with van der Waals surface area (Å²) >= 11 is 5.77. The van der Waals surface area contributed by atoms with Gasteiger partial charge in [-0.15, -0.1) is 0 Å². The molecule has 0 unspecified atom stereocenters. The van der Waals surface area contributed by atoms with Crippen LogP contribution in [0.5, 0.6) is 0 Å². The normalized spacial score (nSPS) is 17.1. The second kappa shape index (κ2) is 8.31. The molecule has 0 spiro atoms. The minimum atomic E-state index is -0.643. The van der Waals surface area contributed by atoms with Crippen molar-refractivity contribution in [2.75, 3.05) is 25.0 Å². The summed E-state index contributed by atoms with van der Waals surface area (Å²) in [7, 11) is 1.91. The van der Waals surface area contributed by atoms with E-state index in [4.69, 9.17) is 11.6 Å². The van der Waals surface area contributed by atoms with Gasteiger partial charge in [-0.2, -0.15) is 5.10 Å². The van der Waals surface area contributed by atoms with E-state index in [1.165, 1.54) is 16.8 Å². The first kappa shape index (κ1) is 20.3. The maximum absolute atomic E-state index is 14.1. The fraction of sp³-hybridized carbons (Fsp3) is 0.450. The van der Waals surface area contributed by atoms with Gasteiger partial charge in [0.1, 0.15) is 5.82 Å². The largest absolute Gasteiger partial charge is 0.371 e. The average Bonchev–Trinajstić information content (AvgIpc) is 2.67. The van der Waals surface area contributed by atoms with Gasteiger partial charge in [0.15, 0.2) is 0 Å². The van der Waals surface area contributed by atoms with Gasteiger partial charge in [0.05, 0.1) is 23.5 Å². The zero-order valence-corrected chi connectivity index (χ0v) is 17.0. The van der Waals surface area contributed by atoms with Crippen LogP contribution in [0.25, 0.3) is 0 Å². The Morgan fingerprint density at radius 1 is 1.36 bits per heavy atom. The maximum atomic E-state index is 14.1. The molecule has 1 aliphatic heterocycles. The van der Waals surface area contributed by atoms with Crippen LogP contribution in [0.15, 0.2) is 35.3 Å². The van der Waals surface area contributed by atoms with Crippen molar-refractivity contribution in [3.63, 3.8) is 0 Å². The summed E-state index contributed by atoms with van der Waals surface area (Å²) < 4.78 is 15.5. The van der Waals surface area contributed by atoms with Crippen LogP contribution < -0.4 is 10.5 Å². The lowest BCUT2D eigenvalue weighted by molar-refractivity contribution is 0.0665. The summed E-state index contributed by atoms with van der Waals surface area (Å²) in [6.45, 7) is 4.89. The molecule has 150 valence electrons. The van der Waals surface area contributed by atoms with Crippen molar-refractivity contribution in [2.24, 2.45) is 0 Å². The zero-order chi connectivity index (χ0) is 20.4. The van der Waals surface area contributed by atoms with E-state index in [1.54, 1.807) is 17.2 Å². The molecule has 1 aromatic carbocycles. The molecule has 1 atom stereocenters. The average molecular weight is 407 g/mol. The van der Waals surface area contributed by atoms with E-state index in [2.05, 4.69) is 5.10 Å². The van der Waals surface area contributed by atoms with E-state index in [1.807, 2.05) is 25.8 Å². The summed E-state index contributed by atoms with van der Waals surface area (Å²) in [5, 5.41) is 4.58. The van der Waals surface area contributed by atoms with Crippen molar-refractivity contribution in [3.8, 4) is 0 Å². The molecular weight excluding hydrogens is 383 g/mol. The quantitative estimate of drug-likeness (QED) is 0.781. The molecule has 0 saturated carbocycles. The van der Waals surface area contributed by atoms with E-state index in [0.717, 1.165) is 18.2 Å². The first-order valence-electron chi connectivity index (χ1n) is 9.34. The minimum Gasteiger partial charge on any atom is -0.371 e. The second-order valence-corrected chi connectivity index (χ2v) is 7.81. The van der Waals surface area contributed by atoms with Gasteiger partial charge in [-0.1, -0.05) is 11.6 Å². The highest BCUT2D eigenvalue weighted by molar-refractivity contribution is 6.30. The molecule has 0 radical (unpaired) electrons. The first-order chi connectivity index (χ1) is 13.3. The Balaban J connectivity index is 1.80. The van der Waals surface area contributed by atoms with Crippen LogP contribution in [0, 0.1) is 5.82 Å². The Labute approximate surface area is 168 Å². The van der Waals surface area contributed by atoms with Crippen molar-refractivity contribution in [1.29, 1.82) is 0 Å². The predicted octanol–water partition coefficient (Wildman–Crippen LogP) is 3.36. The van der Waals surface area contributed by atoms with Crippen molar-refractivity contribution in [1.82, 2.24) is 14.7 Å². The monoisotopic (exact) mass is 406 g/mol. The number of anilines is 1. The van der Waals surface area contributed by atoms with Gasteiger partial charge >= 0.3 is 0 Å². The van der Waals surface area contributed by atoms with Crippen LogP contribution in [0.4, 0.5) is 10.1 Å². The third-order valence-electron chi connectivity index (χ3n) is 5.18. The van der Waals surface area contributed by atoms with Crippen molar-refractivity contribution < 1.29 is 9.18 Å². The van der Waals surface area contributed by atoms with Gasteiger partial charge in [-0.25, -0.2) is 9.07 Å². The van der Waals surface area contributed by atoms with Gasteiger partial charge in [0.25, 0.3) is 11.5 Å². The van der Waals surface area contributed by atoms with Crippen molar-refractivity contribution in [3.05, 3.63) is 57.2 Å². The number of rotatable bonds is 4. The smallest absolute Gasteiger partial charge is 0.269 e. The van der Waals surface area contributed by atoms with Crippen LogP contribution in [-0.4, -0.2) is 46.8 Å². The highest BCUT2D eigenvalue weighted by Gasteiger charge is 2.28. The highest BCUT2D eigenvalue weighted by Crippen LogP contribution is 2.23. The molecule has 0 bridgehead atoms. The van der Waals surface area contributed by atoms with Crippen LogP contribution in [0.1, 0.15) is 43.1 Å². The number of carbonyl (C=O) groups excluding carboxylic acids is 1. The standard InChI is InChI=1S/C20H24ClFN4O2/c1-13(2)24(3)16-10-19(27)26(23-11-16)15-5-4-8-25(12-15)20(28)17-7-6-14(21)9-18(17)22/h6-7,9-11,13,15H,4-5,8,12H2,1-3H3/t15-/m0/s1. The van der Waals surface area contributed by atoms with Gasteiger partial charge in [-0.05, 0) is 44.9 Å². The molecule has 28 heavy (non-hydrogen) atoms. The SMILES string of the molecule is CC(C)N(C)c1cnn([C@H]2CCCN(C(=O)c3ccc(Cl)cc3F)C2)c(=O)c1. The highest BCUT2D eigenvalue weighted by atomic mass is 35.5. The van der Waals surface area contributed by atoms with Crippen LogP contribution in [-0.2, 0) is 0 Å². The van der Waals surface area contributed by atoms with E-state index >= 15 is 0 Å². The van der Waals surface area contributed by atoms with Crippen molar-refractivity contribution >= 4 is 23.2 Å². The van der Waals surface area contributed by atoms with Gasteiger partial charge < -0.3 is 9.80 Å². The fourth-order valence-corrected chi connectivity index (χ4v) is 3.50. The van der Waals surface area contributed by atoms with E-state index in [9.17, 15) is 14.0 Å². The molecule has 1 aliphatic rings. The molecule has 2 aromatic rings. The minimum absolute atomic E-state index is 0.0146. The number of nitrogens with zero attached hydrogens (tertiary/aromatic N) is 4. The third kappa shape index (κ3) is 4.19. The lowest BCUT2D eigenvalue weighted by atomic mass is 10.0. The van der Waals surface area contributed by atoms with E-state index in [0.29, 0.717) is 19.5 Å². The van der Waals surface area contributed by atoms with Gasteiger partial charge in [0.2, 0.25) is 0 Å². The number of benzene rings is 1. The molecule has 1 fully saturated rings. The summed E-state index contributed by atoms with van der Waals surface area (Å²) in [5.41, 5.74) is 0.532. The predicted molar refractivity (Wildman–Crippen MR) is 108 cm³/mol. The maximum Gasteiger partial charge on any atom is 0.269 e. The summed E-state index contributed by atoms with van der Waals surface area (Å²) in [5.74, 6) is -1.04. The Morgan fingerprint density at radius 3 is 2.75 bits per heavy atom. The first-order valence-corrected chi connectivity index (χ1v) is 9.71. The number of halogens is 2. The molecule has 8 heteroatoms. The number of aromatic nitrogens is 2. The van der Waals surface area contributed by atoms with E-state index in [-0.39, 0.29) is 28.2 Å². The fourth-order valence-electron chi connectivity index (χ4n) is 3.35. The number of amides is 1. The molecule has 1 amide bonds. The molecule has 3 rings (SSSR count). The van der Waals surface area contributed by atoms with Crippen LogP contribution in [0.3, 0.4) is 0 Å². The Kier molecular flexibility index (Phi) is 6.03. The molecule has 2 heterocycles.